The fraction of sp³-hybridized carbons (Fsp3) is 0.0833. The smallest absolute Gasteiger partial charge is 0.346 e. The molecule has 92 valence electrons. The van der Waals surface area contributed by atoms with Gasteiger partial charge in [0.25, 0.3) is 0 Å². The molecular weight excluding hydrogens is 274 g/mol. The number of benzene rings is 1. The van der Waals surface area contributed by atoms with Gasteiger partial charge in [-0.05, 0) is 12.1 Å². The molecular formula is C12H8ClNO3S. The predicted octanol–water partition coefficient (Wildman–Crippen LogP) is 3.90. The number of halogens is 1. The zero-order valence-corrected chi connectivity index (χ0v) is 10.6. The summed E-state index contributed by atoms with van der Waals surface area (Å²) in [5.74, 6) is -0.333. The third-order valence-electron chi connectivity index (χ3n) is 2.59. The molecule has 2 heterocycles. The van der Waals surface area contributed by atoms with Crippen LogP contribution in [-0.4, -0.2) is 11.1 Å². The van der Waals surface area contributed by atoms with Crippen LogP contribution in [0.15, 0.2) is 30.3 Å². The average Bonchev–Trinajstić information content (AvgIpc) is 2.68. The minimum absolute atomic E-state index is 0.218. The van der Waals surface area contributed by atoms with Gasteiger partial charge in [-0.25, -0.2) is 4.79 Å². The van der Waals surface area contributed by atoms with Crippen LogP contribution in [0.25, 0.3) is 0 Å². The van der Waals surface area contributed by atoms with Gasteiger partial charge in [0.1, 0.15) is 16.1 Å². The molecule has 0 aliphatic carbocycles. The van der Waals surface area contributed by atoms with Crippen LogP contribution in [0.3, 0.4) is 0 Å². The summed E-state index contributed by atoms with van der Waals surface area (Å²) in [4.78, 5) is 11.1. The van der Waals surface area contributed by atoms with Crippen molar-refractivity contribution in [2.24, 2.45) is 0 Å². The minimum Gasteiger partial charge on any atom is -0.477 e. The first kappa shape index (κ1) is 11.4. The second-order valence-electron chi connectivity index (χ2n) is 3.76. The maximum absolute atomic E-state index is 10.9. The molecule has 0 saturated heterocycles. The van der Waals surface area contributed by atoms with Crippen molar-refractivity contribution in [1.29, 1.82) is 0 Å². The summed E-state index contributed by atoms with van der Waals surface area (Å²) >= 11 is 7.31. The summed E-state index contributed by atoms with van der Waals surface area (Å²) in [5, 5.41) is 12.5. The second-order valence-corrected chi connectivity index (χ2v) is 5.21. The van der Waals surface area contributed by atoms with Crippen LogP contribution in [0.5, 0.6) is 10.8 Å². The number of rotatable bonds is 1. The third kappa shape index (κ3) is 1.81. The number of hydrogen-bond acceptors (Lipinski definition) is 4. The lowest BCUT2D eigenvalue weighted by Crippen LogP contribution is -2.02. The summed E-state index contributed by atoms with van der Waals surface area (Å²) in [6.45, 7) is 0. The van der Waals surface area contributed by atoms with Gasteiger partial charge in [-0.2, -0.15) is 0 Å². The minimum atomic E-state index is -0.974. The van der Waals surface area contributed by atoms with E-state index in [9.17, 15) is 4.79 Å². The van der Waals surface area contributed by atoms with E-state index in [-0.39, 0.29) is 4.88 Å². The number of fused-ring (bicyclic) bond motifs is 2. The Hall–Kier alpha value is -1.72. The number of para-hydroxylation sites is 1. The van der Waals surface area contributed by atoms with Gasteiger partial charge < -0.3 is 15.2 Å². The number of carbonyl (C=O) groups is 1. The van der Waals surface area contributed by atoms with Crippen LogP contribution in [-0.2, 0) is 0 Å². The van der Waals surface area contributed by atoms with Crippen LogP contribution in [0.1, 0.15) is 20.7 Å². The molecule has 1 aromatic heterocycles. The second kappa shape index (κ2) is 4.19. The first-order valence-electron chi connectivity index (χ1n) is 5.19. The lowest BCUT2D eigenvalue weighted by atomic mass is 10.2. The number of thiophene rings is 1. The quantitative estimate of drug-likeness (QED) is 0.615. The van der Waals surface area contributed by atoms with E-state index < -0.39 is 11.5 Å². The molecule has 1 aromatic carbocycles. The van der Waals surface area contributed by atoms with Crippen molar-refractivity contribution in [3.05, 3.63) is 40.8 Å². The number of hydrogen-bond donors (Lipinski definition) is 2. The van der Waals surface area contributed by atoms with E-state index in [4.69, 9.17) is 21.4 Å². The summed E-state index contributed by atoms with van der Waals surface area (Å²) < 4.78 is 5.71. The summed E-state index contributed by atoms with van der Waals surface area (Å²) in [7, 11) is 0. The van der Waals surface area contributed by atoms with E-state index in [1.165, 1.54) is 6.07 Å². The predicted molar refractivity (Wildman–Crippen MR) is 70.0 cm³/mol. The van der Waals surface area contributed by atoms with Crippen molar-refractivity contribution < 1.29 is 14.6 Å². The molecule has 1 aliphatic heterocycles. The Balaban J connectivity index is 2.09. The first-order valence-corrected chi connectivity index (χ1v) is 6.45. The topological polar surface area (TPSA) is 58.6 Å². The summed E-state index contributed by atoms with van der Waals surface area (Å²) in [6.07, 6.45) is 0. The molecule has 0 fully saturated rings. The molecule has 0 saturated carbocycles. The van der Waals surface area contributed by atoms with Crippen molar-refractivity contribution in [3.63, 3.8) is 0 Å². The van der Waals surface area contributed by atoms with E-state index in [0.29, 0.717) is 16.5 Å². The zero-order chi connectivity index (χ0) is 12.7. The van der Waals surface area contributed by atoms with Gasteiger partial charge >= 0.3 is 5.97 Å². The molecule has 1 unspecified atom stereocenters. The van der Waals surface area contributed by atoms with Gasteiger partial charge in [0.2, 0.25) is 5.06 Å². The summed E-state index contributed by atoms with van der Waals surface area (Å²) in [5.41, 5.74) is 0.992. The molecule has 0 bridgehead atoms. The molecule has 0 amide bonds. The summed E-state index contributed by atoms with van der Waals surface area (Å²) in [6, 6.07) is 8.93. The standard InChI is InChI=1S/C12H8ClNO3S/c13-10-6-3-1-2-4-8(6)17-12-7(14-10)5-9(18-12)11(15)16/h1-5,10,14H,(H,15,16). The van der Waals surface area contributed by atoms with E-state index in [2.05, 4.69) is 5.32 Å². The van der Waals surface area contributed by atoms with Crippen molar-refractivity contribution in [1.82, 2.24) is 0 Å². The maximum atomic E-state index is 10.9. The monoisotopic (exact) mass is 281 g/mol. The molecule has 2 aromatic rings. The molecule has 1 aliphatic rings. The number of nitrogens with one attached hydrogen (secondary N) is 1. The Morgan fingerprint density at radius 2 is 2.22 bits per heavy atom. The number of ether oxygens (including phenoxy) is 1. The number of anilines is 1. The van der Waals surface area contributed by atoms with Gasteiger partial charge in [0.05, 0.1) is 5.69 Å². The van der Waals surface area contributed by atoms with E-state index in [1.54, 1.807) is 0 Å². The molecule has 0 radical (unpaired) electrons. The van der Waals surface area contributed by atoms with Gasteiger partial charge in [0, 0.05) is 5.56 Å². The Bertz CT molecular complexity index is 626. The number of alkyl halides is 1. The fourth-order valence-corrected chi connectivity index (χ4v) is 2.87. The number of aromatic carboxylic acids is 1. The average molecular weight is 282 g/mol. The zero-order valence-electron chi connectivity index (χ0n) is 9.01. The Labute approximate surface area is 112 Å². The number of carboxylic acids is 1. The molecule has 3 rings (SSSR count). The van der Waals surface area contributed by atoms with Crippen LogP contribution in [0.4, 0.5) is 5.69 Å². The van der Waals surface area contributed by atoms with E-state index >= 15 is 0 Å². The first-order chi connectivity index (χ1) is 8.65. The molecule has 2 N–H and O–H groups in total. The fourth-order valence-electron chi connectivity index (χ4n) is 1.75. The Kier molecular flexibility index (Phi) is 2.65. The molecule has 4 nitrogen and oxygen atoms in total. The van der Waals surface area contributed by atoms with Crippen LogP contribution < -0.4 is 10.1 Å². The molecule has 18 heavy (non-hydrogen) atoms. The van der Waals surface area contributed by atoms with Gasteiger partial charge in [-0.1, -0.05) is 41.1 Å². The van der Waals surface area contributed by atoms with Crippen LogP contribution in [0, 0.1) is 0 Å². The highest BCUT2D eigenvalue weighted by molar-refractivity contribution is 7.16. The van der Waals surface area contributed by atoms with Gasteiger partial charge in [0.15, 0.2) is 0 Å². The normalized spacial score (nSPS) is 16.8. The highest BCUT2D eigenvalue weighted by atomic mass is 35.5. The molecule has 0 spiro atoms. The largest absolute Gasteiger partial charge is 0.477 e. The highest BCUT2D eigenvalue weighted by Gasteiger charge is 2.24. The lowest BCUT2D eigenvalue weighted by molar-refractivity contribution is 0.0702. The van der Waals surface area contributed by atoms with E-state index in [0.717, 1.165) is 16.9 Å². The SMILES string of the molecule is O=C(O)c1cc2c(s1)Oc1ccccc1C(Cl)N2. The highest BCUT2D eigenvalue weighted by Crippen LogP contribution is 2.45. The van der Waals surface area contributed by atoms with Crippen molar-refractivity contribution >= 4 is 34.6 Å². The van der Waals surface area contributed by atoms with Gasteiger partial charge in [-0.3, -0.25) is 0 Å². The van der Waals surface area contributed by atoms with Gasteiger partial charge in [-0.15, -0.1) is 0 Å². The Morgan fingerprint density at radius 1 is 1.44 bits per heavy atom. The lowest BCUT2D eigenvalue weighted by Gasteiger charge is -2.10. The van der Waals surface area contributed by atoms with Crippen molar-refractivity contribution in [2.45, 2.75) is 5.50 Å². The molecule has 6 heteroatoms. The van der Waals surface area contributed by atoms with Crippen LogP contribution in [0.2, 0.25) is 0 Å². The Morgan fingerprint density at radius 3 is 3.00 bits per heavy atom. The van der Waals surface area contributed by atoms with E-state index in [1.807, 2.05) is 24.3 Å². The molecule has 1 atom stereocenters. The maximum Gasteiger partial charge on any atom is 0.346 e. The van der Waals surface area contributed by atoms with Crippen molar-refractivity contribution in [3.8, 4) is 10.8 Å². The van der Waals surface area contributed by atoms with Crippen LogP contribution >= 0.6 is 22.9 Å². The third-order valence-corrected chi connectivity index (χ3v) is 3.93. The van der Waals surface area contributed by atoms with Crippen molar-refractivity contribution in [2.75, 3.05) is 5.32 Å². The number of carboxylic acid groups (broad SMARTS) is 1.